The van der Waals surface area contributed by atoms with Crippen molar-refractivity contribution in [1.82, 2.24) is 0 Å². The molecule has 0 amide bonds. The van der Waals surface area contributed by atoms with Gasteiger partial charge in [-0.25, -0.2) is 0 Å². The number of aliphatic carboxylic acids is 1. The zero-order valence-electron chi connectivity index (χ0n) is 18.6. The van der Waals surface area contributed by atoms with E-state index in [9.17, 15) is 9.90 Å². The van der Waals surface area contributed by atoms with E-state index in [1.54, 1.807) is 13.0 Å². The van der Waals surface area contributed by atoms with Gasteiger partial charge in [0.2, 0.25) is 0 Å². The molecule has 0 saturated carbocycles. The smallest absolute Gasteiger partial charge is 0.303 e. The molecule has 0 aliphatic heterocycles. The summed E-state index contributed by atoms with van der Waals surface area (Å²) >= 11 is 0. The first-order chi connectivity index (χ1) is 12.7. The molecular weight excluding hydrogens is 336 g/mol. The Morgan fingerprint density at radius 1 is 0.926 bits per heavy atom. The van der Waals surface area contributed by atoms with E-state index in [2.05, 4.69) is 33.4 Å². The molecule has 0 aromatic heterocycles. The van der Waals surface area contributed by atoms with Crippen LogP contribution >= 0.6 is 0 Å². The lowest BCUT2D eigenvalue weighted by Crippen LogP contribution is -2.19. The molecule has 3 heteroatoms. The van der Waals surface area contributed by atoms with E-state index in [1.807, 2.05) is 0 Å². The minimum absolute atomic E-state index is 0.344. The number of carboxylic acids is 1. The van der Waals surface area contributed by atoms with E-state index in [1.165, 1.54) is 63.4 Å². The van der Waals surface area contributed by atoms with Crippen LogP contribution in [-0.4, -0.2) is 21.8 Å². The number of unbranched alkanes of at least 4 members (excludes halogenated alkanes) is 10. The molecule has 27 heavy (non-hydrogen) atoms. The molecule has 0 aliphatic rings. The third kappa shape index (κ3) is 27.2. The highest BCUT2D eigenvalue weighted by Crippen LogP contribution is 2.14. The summed E-state index contributed by atoms with van der Waals surface area (Å²) in [6, 6.07) is 0. The van der Waals surface area contributed by atoms with Crippen LogP contribution in [0.5, 0.6) is 0 Å². The number of carbonyl (C=O) groups is 1. The fourth-order valence-corrected chi connectivity index (χ4v) is 2.70. The van der Waals surface area contributed by atoms with Gasteiger partial charge in [0.1, 0.15) is 0 Å². The maximum atomic E-state index is 10.3. The Hall–Kier alpha value is -1.09. The Kier molecular flexibility index (Phi) is 20.5. The lowest BCUT2D eigenvalue weighted by molar-refractivity contribution is -0.137. The number of hydrogen-bond donors (Lipinski definition) is 2. The van der Waals surface area contributed by atoms with Crippen LogP contribution in [0.25, 0.3) is 0 Å². The van der Waals surface area contributed by atoms with E-state index in [0.29, 0.717) is 6.42 Å². The third-order valence-electron chi connectivity index (χ3n) is 4.64. The molecule has 0 radical (unpaired) electrons. The molecule has 160 valence electrons. The summed E-state index contributed by atoms with van der Waals surface area (Å²) in [4.78, 5) is 10.3. The van der Waals surface area contributed by atoms with Crippen LogP contribution in [0.1, 0.15) is 118 Å². The summed E-state index contributed by atoms with van der Waals surface area (Å²) in [5, 5.41) is 17.9. The van der Waals surface area contributed by atoms with Crippen molar-refractivity contribution in [3.8, 4) is 0 Å². The second kappa shape index (κ2) is 19.7. The fraction of sp³-hybridized carbons (Fsp3) is 0.792. The predicted molar refractivity (Wildman–Crippen MR) is 118 cm³/mol. The Bertz CT molecular complexity index is 379. The van der Waals surface area contributed by atoms with Gasteiger partial charge in [0.05, 0.1) is 5.60 Å². The maximum Gasteiger partial charge on any atom is 0.303 e. The highest BCUT2D eigenvalue weighted by molar-refractivity contribution is 5.66. The molecule has 3 nitrogen and oxygen atoms in total. The van der Waals surface area contributed by atoms with Crippen molar-refractivity contribution in [2.75, 3.05) is 0 Å². The van der Waals surface area contributed by atoms with Crippen molar-refractivity contribution < 1.29 is 15.0 Å². The molecule has 1 atom stereocenters. The average Bonchev–Trinajstić information content (AvgIpc) is 2.59. The molecular formula is C24H46O3. The van der Waals surface area contributed by atoms with Crippen LogP contribution in [0, 0.1) is 0 Å². The van der Waals surface area contributed by atoms with Crippen molar-refractivity contribution in [2.45, 2.75) is 123 Å². The SMILES string of the molecule is C=CC(C)(O)CCC=C(C)C.CCCCCCCCCCCCCC(=O)O. The fourth-order valence-electron chi connectivity index (χ4n) is 2.70. The van der Waals surface area contributed by atoms with Crippen LogP contribution in [0.4, 0.5) is 0 Å². The van der Waals surface area contributed by atoms with E-state index in [-0.39, 0.29) is 0 Å². The van der Waals surface area contributed by atoms with Crippen LogP contribution in [0.15, 0.2) is 24.3 Å². The molecule has 0 fully saturated rings. The highest BCUT2D eigenvalue weighted by Gasteiger charge is 2.12. The Morgan fingerprint density at radius 3 is 1.74 bits per heavy atom. The zero-order chi connectivity index (χ0) is 21.0. The van der Waals surface area contributed by atoms with Gasteiger partial charge in [-0.2, -0.15) is 0 Å². The van der Waals surface area contributed by atoms with E-state index < -0.39 is 11.6 Å². The summed E-state index contributed by atoms with van der Waals surface area (Å²) in [6.07, 6.45) is 19.7. The number of rotatable bonds is 16. The molecule has 2 N–H and O–H groups in total. The minimum atomic E-state index is -0.702. The van der Waals surface area contributed by atoms with Crippen molar-refractivity contribution in [1.29, 1.82) is 0 Å². The lowest BCUT2D eigenvalue weighted by atomic mass is 10.00. The summed E-state index contributed by atoms with van der Waals surface area (Å²) in [5.74, 6) is -0.657. The van der Waals surface area contributed by atoms with Crippen LogP contribution in [0.3, 0.4) is 0 Å². The lowest BCUT2D eigenvalue weighted by Gasteiger charge is -2.16. The molecule has 1 unspecified atom stereocenters. The van der Waals surface area contributed by atoms with Gasteiger partial charge in [-0.15, -0.1) is 6.58 Å². The molecule has 0 saturated heterocycles. The summed E-state index contributed by atoms with van der Waals surface area (Å²) < 4.78 is 0. The Labute approximate surface area is 169 Å². The number of allylic oxidation sites excluding steroid dienone is 2. The van der Waals surface area contributed by atoms with Crippen LogP contribution in [0.2, 0.25) is 0 Å². The second-order valence-electron chi connectivity index (χ2n) is 8.06. The number of carboxylic acid groups (broad SMARTS) is 1. The monoisotopic (exact) mass is 382 g/mol. The van der Waals surface area contributed by atoms with Gasteiger partial charge in [-0.3, -0.25) is 4.79 Å². The van der Waals surface area contributed by atoms with Gasteiger partial charge >= 0.3 is 5.97 Å². The van der Waals surface area contributed by atoms with Gasteiger partial charge in [-0.05, 0) is 40.0 Å². The quantitative estimate of drug-likeness (QED) is 0.215. The van der Waals surface area contributed by atoms with E-state index in [4.69, 9.17) is 5.11 Å². The summed E-state index contributed by atoms with van der Waals surface area (Å²) in [7, 11) is 0. The molecule has 0 bridgehead atoms. The first-order valence-corrected chi connectivity index (χ1v) is 11.0. The van der Waals surface area contributed by atoms with Gasteiger partial charge in [0, 0.05) is 6.42 Å². The standard InChI is InChI=1S/C14H28O2.C10H18O/c1-2-3-4-5-6-7-8-9-10-11-12-13-14(15)16;1-5-10(4,11)8-6-7-9(2)3/h2-13H2,1H3,(H,15,16);5,7,11H,1,6,8H2,2-4H3. The minimum Gasteiger partial charge on any atom is -0.481 e. The van der Waals surface area contributed by atoms with Crippen molar-refractivity contribution in [3.63, 3.8) is 0 Å². The summed E-state index contributed by atoms with van der Waals surface area (Å²) in [5.41, 5.74) is 0.594. The Morgan fingerprint density at radius 2 is 1.37 bits per heavy atom. The topological polar surface area (TPSA) is 57.5 Å². The molecule has 0 aromatic rings. The van der Waals surface area contributed by atoms with Crippen LogP contribution < -0.4 is 0 Å². The number of hydrogen-bond acceptors (Lipinski definition) is 2. The summed E-state index contributed by atoms with van der Waals surface area (Å²) in [6.45, 7) is 11.7. The molecule has 0 spiro atoms. The first-order valence-electron chi connectivity index (χ1n) is 11.0. The van der Waals surface area contributed by atoms with Crippen LogP contribution in [-0.2, 0) is 4.79 Å². The Balaban J connectivity index is 0. The van der Waals surface area contributed by atoms with E-state index in [0.717, 1.165) is 25.7 Å². The molecule has 0 aromatic carbocycles. The number of aliphatic hydroxyl groups is 1. The van der Waals surface area contributed by atoms with Crippen molar-refractivity contribution in [2.24, 2.45) is 0 Å². The van der Waals surface area contributed by atoms with Gasteiger partial charge in [0.15, 0.2) is 0 Å². The predicted octanol–water partition coefficient (Wildman–Crippen LogP) is 7.44. The normalized spacial score (nSPS) is 12.5. The van der Waals surface area contributed by atoms with E-state index >= 15 is 0 Å². The highest BCUT2D eigenvalue weighted by atomic mass is 16.4. The second-order valence-corrected chi connectivity index (χ2v) is 8.06. The average molecular weight is 383 g/mol. The van der Waals surface area contributed by atoms with Crippen molar-refractivity contribution >= 4 is 5.97 Å². The maximum absolute atomic E-state index is 10.3. The zero-order valence-corrected chi connectivity index (χ0v) is 18.6. The first kappa shape index (κ1) is 28.1. The molecule has 0 heterocycles. The van der Waals surface area contributed by atoms with Gasteiger partial charge in [0.25, 0.3) is 0 Å². The molecule has 0 rings (SSSR count). The van der Waals surface area contributed by atoms with Gasteiger partial charge < -0.3 is 10.2 Å². The van der Waals surface area contributed by atoms with Crippen molar-refractivity contribution in [3.05, 3.63) is 24.3 Å². The third-order valence-corrected chi connectivity index (χ3v) is 4.64. The largest absolute Gasteiger partial charge is 0.481 e. The molecule has 0 aliphatic carbocycles. The van der Waals surface area contributed by atoms with Gasteiger partial charge in [-0.1, -0.05) is 88.9 Å².